The molecule has 0 bridgehead atoms. The number of hydrogen-bond acceptors (Lipinski definition) is 5. The van der Waals surface area contributed by atoms with E-state index in [0.29, 0.717) is 24.0 Å². The number of carbonyl (C=O) groups excluding carboxylic acids is 4. The highest BCUT2D eigenvalue weighted by molar-refractivity contribution is 6.21. The van der Waals surface area contributed by atoms with Crippen LogP contribution in [0.4, 0.5) is 0 Å². The normalized spacial score (nSPS) is 22.7. The molecular formula is C19H20N2O5. The zero-order valence-electron chi connectivity index (χ0n) is 14.3. The van der Waals surface area contributed by atoms with E-state index in [1.54, 1.807) is 24.3 Å². The fourth-order valence-corrected chi connectivity index (χ4v) is 4.37. The van der Waals surface area contributed by atoms with Gasteiger partial charge >= 0.3 is 0 Å². The van der Waals surface area contributed by atoms with Gasteiger partial charge in [0.25, 0.3) is 11.8 Å². The number of amides is 4. The number of fused-ring (bicyclic) bond motifs is 1. The van der Waals surface area contributed by atoms with Crippen LogP contribution in [0.2, 0.25) is 0 Å². The van der Waals surface area contributed by atoms with Crippen LogP contribution in [0.25, 0.3) is 0 Å². The quantitative estimate of drug-likeness (QED) is 0.811. The van der Waals surface area contributed by atoms with Gasteiger partial charge < -0.3 is 5.11 Å². The molecule has 7 nitrogen and oxygen atoms in total. The van der Waals surface area contributed by atoms with Gasteiger partial charge in [-0.15, -0.1) is 0 Å². The van der Waals surface area contributed by atoms with E-state index in [9.17, 15) is 24.3 Å². The first kappa shape index (κ1) is 16.9. The second-order valence-electron chi connectivity index (χ2n) is 7.39. The van der Waals surface area contributed by atoms with Gasteiger partial charge in [-0.25, -0.2) is 0 Å². The van der Waals surface area contributed by atoms with Crippen LogP contribution in [-0.2, 0) is 9.59 Å². The number of carbonyl (C=O) groups is 4. The number of rotatable bonds is 4. The van der Waals surface area contributed by atoms with Crippen molar-refractivity contribution in [2.24, 2.45) is 5.41 Å². The van der Waals surface area contributed by atoms with Gasteiger partial charge in [0.1, 0.15) is 0 Å². The fraction of sp³-hybridized carbons (Fsp3) is 0.474. The van der Waals surface area contributed by atoms with E-state index in [2.05, 4.69) is 0 Å². The van der Waals surface area contributed by atoms with Crippen molar-refractivity contribution >= 4 is 23.6 Å². The summed E-state index contributed by atoms with van der Waals surface area (Å²) in [6.07, 6.45) is 2.33. The van der Waals surface area contributed by atoms with Crippen molar-refractivity contribution in [3.8, 4) is 0 Å². The third kappa shape index (κ3) is 2.46. The summed E-state index contributed by atoms with van der Waals surface area (Å²) in [5, 5.41) is 10.4. The van der Waals surface area contributed by atoms with Crippen molar-refractivity contribution in [2.75, 3.05) is 13.1 Å². The van der Waals surface area contributed by atoms with Gasteiger partial charge in [-0.1, -0.05) is 25.0 Å². The molecular weight excluding hydrogens is 336 g/mol. The number of likely N-dealkylation sites (tertiary alicyclic amines) is 1. The topological polar surface area (TPSA) is 95.0 Å². The molecule has 2 aliphatic heterocycles. The molecule has 136 valence electrons. The van der Waals surface area contributed by atoms with E-state index in [0.717, 1.165) is 22.6 Å². The highest BCUT2D eigenvalue weighted by Crippen LogP contribution is 2.46. The van der Waals surface area contributed by atoms with Gasteiger partial charge in [0.05, 0.1) is 35.7 Å². The van der Waals surface area contributed by atoms with E-state index in [1.165, 1.54) is 0 Å². The first-order chi connectivity index (χ1) is 12.4. The van der Waals surface area contributed by atoms with E-state index in [1.807, 2.05) is 0 Å². The van der Waals surface area contributed by atoms with E-state index < -0.39 is 23.3 Å². The van der Waals surface area contributed by atoms with Crippen molar-refractivity contribution in [2.45, 2.75) is 38.2 Å². The van der Waals surface area contributed by atoms with Gasteiger partial charge in [0.15, 0.2) is 0 Å². The Morgan fingerprint density at radius 1 is 0.923 bits per heavy atom. The van der Waals surface area contributed by atoms with Gasteiger partial charge in [-0.05, 0) is 25.0 Å². The molecule has 4 amide bonds. The highest BCUT2D eigenvalue weighted by atomic mass is 16.3. The lowest BCUT2D eigenvalue weighted by Crippen LogP contribution is -2.45. The van der Waals surface area contributed by atoms with Crippen molar-refractivity contribution in [1.82, 2.24) is 9.80 Å². The molecule has 2 heterocycles. The monoisotopic (exact) mass is 356 g/mol. The Labute approximate surface area is 150 Å². The zero-order chi connectivity index (χ0) is 18.5. The third-order valence-corrected chi connectivity index (χ3v) is 5.71. The molecule has 1 saturated heterocycles. The van der Waals surface area contributed by atoms with Crippen LogP contribution in [0.5, 0.6) is 0 Å². The minimum Gasteiger partial charge on any atom is -0.389 e. The molecule has 0 radical (unpaired) electrons. The molecule has 1 aliphatic carbocycles. The number of imide groups is 2. The molecule has 1 saturated carbocycles. The van der Waals surface area contributed by atoms with Gasteiger partial charge in [0.2, 0.25) is 11.8 Å². The fourth-order valence-electron chi connectivity index (χ4n) is 4.37. The van der Waals surface area contributed by atoms with Crippen LogP contribution in [-0.4, -0.2) is 57.7 Å². The Morgan fingerprint density at radius 2 is 1.46 bits per heavy atom. The Morgan fingerprint density at radius 3 is 2.04 bits per heavy atom. The molecule has 0 aromatic heterocycles. The summed E-state index contributed by atoms with van der Waals surface area (Å²) < 4.78 is 0. The average molecular weight is 356 g/mol. The molecule has 1 aromatic rings. The predicted molar refractivity (Wildman–Crippen MR) is 90.1 cm³/mol. The molecule has 1 aromatic carbocycles. The zero-order valence-corrected chi connectivity index (χ0v) is 14.3. The second kappa shape index (κ2) is 6.02. The lowest BCUT2D eigenvalue weighted by atomic mass is 9.84. The molecule has 3 aliphatic rings. The third-order valence-electron chi connectivity index (χ3n) is 5.71. The number of β-amino-alcohol motifs (C(OH)–C–C–N with tert-alkyl or cyclic N) is 1. The highest BCUT2D eigenvalue weighted by Gasteiger charge is 2.52. The average Bonchev–Trinajstić information content (AvgIpc) is 3.25. The Bertz CT molecular complexity index is 777. The van der Waals surface area contributed by atoms with Gasteiger partial charge in [0, 0.05) is 6.42 Å². The van der Waals surface area contributed by atoms with Crippen LogP contribution >= 0.6 is 0 Å². The second-order valence-corrected chi connectivity index (χ2v) is 7.39. The molecule has 2 fully saturated rings. The maximum absolute atomic E-state index is 12.7. The maximum Gasteiger partial charge on any atom is 0.261 e. The first-order valence-electron chi connectivity index (χ1n) is 8.91. The smallest absolute Gasteiger partial charge is 0.261 e. The first-order valence-corrected chi connectivity index (χ1v) is 8.91. The van der Waals surface area contributed by atoms with Crippen molar-refractivity contribution in [3.63, 3.8) is 0 Å². The van der Waals surface area contributed by atoms with Crippen LogP contribution in [0.15, 0.2) is 24.3 Å². The summed E-state index contributed by atoms with van der Waals surface area (Å²) in [4.78, 5) is 51.7. The summed E-state index contributed by atoms with van der Waals surface area (Å²) >= 11 is 0. The number of aliphatic hydroxyl groups excluding tert-OH is 1. The Kier molecular flexibility index (Phi) is 3.91. The summed E-state index contributed by atoms with van der Waals surface area (Å²) in [7, 11) is 0. The standard InChI is InChI=1S/C19H20N2O5/c22-12(10-20-15(23)9-19(18(20)26)7-3-4-8-19)11-21-16(24)13-5-1-2-6-14(13)17(21)25/h1-2,5-6,12,22H,3-4,7-11H2/t12-/m1/s1. The molecule has 1 spiro atoms. The SMILES string of the molecule is O=C1CC2(CCCC2)C(=O)N1C[C@@H](O)CN1C(=O)c2ccccc2C1=O. The van der Waals surface area contributed by atoms with Crippen LogP contribution in [0, 0.1) is 5.41 Å². The van der Waals surface area contributed by atoms with E-state index >= 15 is 0 Å². The maximum atomic E-state index is 12.7. The largest absolute Gasteiger partial charge is 0.389 e. The molecule has 1 N–H and O–H groups in total. The van der Waals surface area contributed by atoms with E-state index in [4.69, 9.17) is 0 Å². The van der Waals surface area contributed by atoms with E-state index in [-0.39, 0.29) is 31.3 Å². The summed E-state index contributed by atoms with van der Waals surface area (Å²) in [6.45, 7) is -0.427. The molecule has 26 heavy (non-hydrogen) atoms. The lowest BCUT2D eigenvalue weighted by Gasteiger charge is -2.24. The molecule has 7 heteroatoms. The summed E-state index contributed by atoms with van der Waals surface area (Å²) in [5.41, 5.74) is 0.0256. The minimum atomic E-state index is -1.17. The number of benzene rings is 1. The van der Waals surface area contributed by atoms with Crippen LogP contribution < -0.4 is 0 Å². The van der Waals surface area contributed by atoms with Crippen molar-refractivity contribution in [1.29, 1.82) is 0 Å². The lowest BCUT2D eigenvalue weighted by molar-refractivity contribution is -0.143. The Hall–Kier alpha value is -2.54. The molecule has 4 rings (SSSR count). The summed E-state index contributed by atoms with van der Waals surface area (Å²) in [5.74, 6) is -1.42. The number of aliphatic hydroxyl groups is 1. The van der Waals surface area contributed by atoms with Gasteiger partial charge in [-0.2, -0.15) is 0 Å². The Balaban J connectivity index is 1.44. The summed E-state index contributed by atoms with van der Waals surface area (Å²) in [6, 6.07) is 6.48. The predicted octanol–water partition coefficient (Wildman–Crippen LogP) is 0.963. The number of nitrogens with zero attached hydrogens (tertiary/aromatic N) is 2. The molecule has 1 atom stereocenters. The van der Waals surface area contributed by atoms with Crippen molar-refractivity contribution < 1.29 is 24.3 Å². The molecule has 0 unspecified atom stereocenters. The van der Waals surface area contributed by atoms with Crippen LogP contribution in [0.1, 0.15) is 52.8 Å². The van der Waals surface area contributed by atoms with Crippen LogP contribution in [0.3, 0.4) is 0 Å². The number of hydrogen-bond donors (Lipinski definition) is 1. The van der Waals surface area contributed by atoms with Crippen molar-refractivity contribution in [3.05, 3.63) is 35.4 Å². The van der Waals surface area contributed by atoms with Gasteiger partial charge in [-0.3, -0.25) is 29.0 Å². The minimum absolute atomic E-state index is 0.188.